The van der Waals surface area contributed by atoms with E-state index in [0.717, 1.165) is 12.1 Å². The Hall–Kier alpha value is -1.23. The van der Waals surface area contributed by atoms with Crippen molar-refractivity contribution in [1.29, 1.82) is 0 Å². The van der Waals surface area contributed by atoms with E-state index < -0.39 is 17.6 Å². The van der Waals surface area contributed by atoms with Crippen molar-refractivity contribution in [3.05, 3.63) is 29.8 Å². The first kappa shape index (κ1) is 13.8. The van der Waals surface area contributed by atoms with Crippen LogP contribution in [0.1, 0.15) is 12.5 Å². The van der Waals surface area contributed by atoms with Gasteiger partial charge in [-0.1, -0.05) is 6.07 Å². The standard InChI is InChI=1S/C9H8F3NO.ClH/c1-6(14)13-8-4-2-3-7(5-8)9(10,11)12;/h2-5H,1H3,(H,13,14);1H. The van der Waals surface area contributed by atoms with Crippen LogP contribution >= 0.6 is 12.4 Å². The van der Waals surface area contributed by atoms with Crippen LogP contribution in [0.5, 0.6) is 0 Å². The van der Waals surface area contributed by atoms with Gasteiger partial charge in [-0.05, 0) is 18.2 Å². The lowest BCUT2D eigenvalue weighted by Gasteiger charge is -2.08. The van der Waals surface area contributed by atoms with Crippen molar-refractivity contribution >= 4 is 24.0 Å². The molecule has 6 heteroatoms. The van der Waals surface area contributed by atoms with Gasteiger partial charge in [-0.2, -0.15) is 13.2 Å². The summed E-state index contributed by atoms with van der Waals surface area (Å²) < 4.78 is 36.6. The van der Waals surface area contributed by atoms with Gasteiger partial charge in [0.05, 0.1) is 5.56 Å². The number of hydrogen-bond acceptors (Lipinski definition) is 1. The molecule has 0 radical (unpaired) electrons. The number of halogens is 4. The van der Waals surface area contributed by atoms with Crippen molar-refractivity contribution in [3.8, 4) is 0 Å². The van der Waals surface area contributed by atoms with E-state index in [1.54, 1.807) is 0 Å². The van der Waals surface area contributed by atoms with Crippen LogP contribution in [0.3, 0.4) is 0 Å². The second kappa shape index (κ2) is 5.02. The average molecular weight is 240 g/mol. The molecule has 0 aliphatic rings. The number of rotatable bonds is 1. The fourth-order valence-corrected chi connectivity index (χ4v) is 0.977. The minimum atomic E-state index is -4.38. The van der Waals surface area contributed by atoms with E-state index in [-0.39, 0.29) is 18.1 Å². The highest BCUT2D eigenvalue weighted by molar-refractivity contribution is 5.88. The summed E-state index contributed by atoms with van der Waals surface area (Å²) in [6, 6.07) is 4.48. The predicted molar refractivity (Wildman–Crippen MR) is 53.0 cm³/mol. The molecule has 0 spiro atoms. The van der Waals surface area contributed by atoms with Crippen LogP contribution in [-0.2, 0) is 11.0 Å². The number of benzene rings is 1. The van der Waals surface area contributed by atoms with Gasteiger partial charge in [0.1, 0.15) is 0 Å². The van der Waals surface area contributed by atoms with Crippen molar-refractivity contribution in [2.75, 3.05) is 5.32 Å². The maximum Gasteiger partial charge on any atom is 0.416 e. The molecule has 1 N–H and O–H groups in total. The summed E-state index contributed by atoms with van der Waals surface area (Å²) in [7, 11) is 0. The zero-order chi connectivity index (χ0) is 10.8. The molecule has 84 valence electrons. The molecule has 0 bridgehead atoms. The van der Waals surface area contributed by atoms with Gasteiger partial charge in [-0.25, -0.2) is 0 Å². The number of nitrogens with one attached hydrogen (secondary N) is 1. The van der Waals surface area contributed by atoms with E-state index >= 15 is 0 Å². The Morgan fingerprint density at radius 1 is 1.33 bits per heavy atom. The number of carbonyl (C=O) groups excluding carboxylic acids is 1. The number of carbonyl (C=O) groups is 1. The highest BCUT2D eigenvalue weighted by atomic mass is 35.5. The van der Waals surface area contributed by atoms with E-state index in [2.05, 4.69) is 5.32 Å². The Morgan fingerprint density at radius 2 is 1.93 bits per heavy atom. The molecular weight excluding hydrogens is 231 g/mol. The second-order valence-electron chi connectivity index (χ2n) is 2.76. The molecule has 15 heavy (non-hydrogen) atoms. The summed E-state index contributed by atoms with van der Waals surface area (Å²) >= 11 is 0. The SMILES string of the molecule is CC(=O)Nc1cccc(C(F)(F)F)c1.Cl. The molecule has 0 saturated heterocycles. The van der Waals surface area contributed by atoms with Gasteiger partial charge in [0.25, 0.3) is 0 Å². The molecule has 0 fully saturated rings. The van der Waals surface area contributed by atoms with Gasteiger partial charge in [-0.3, -0.25) is 4.79 Å². The minimum absolute atomic E-state index is 0. The highest BCUT2D eigenvalue weighted by Crippen LogP contribution is 2.30. The quantitative estimate of drug-likeness (QED) is 0.802. The van der Waals surface area contributed by atoms with Crippen LogP contribution in [-0.4, -0.2) is 5.91 Å². The van der Waals surface area contributed by atoms with E-state index in [9.17, 15) is 18.0 Å². The molecule has 0 unspecified atom stereocenters. The van der Waals surface area contributed by atoms with Crippen LogP contribution < -0.4 is 5.32 Å². The van der Waals surface area contributed by atoms with Crippen molar-refractivity contribution < 1.29 is 18.0 Å². The number of alkyl halides is 3. The summed E-state index contributed by atoms with van der Waals surface area (Å²) in [5.41, 5.74) is -0.629. The predicted octanol–water partition coefficient (Wildman–Crippen LogP) is 3.09. The van der Waals surface area contributed by atoms with Gasteiger partial charge in [0, 0.05) is 12.6 Å². The maximum atomic E-state index is 12.2. The molecular formula is C9H9ClF3NO. The molecule has 0 aliphatic heterocycles. The van der Waals surface area contributed by atoms with Gasteiger partial charge < -0.3 is 5.32 Å². The lowest BCUT2D eigenvalue weighted by molar-refractivity contribution is -0.137. The van der Waals surface area contributed by atoms with E-state index in [0.29, 0.717) is 0 Å². The Balaban J connectivity index is 0.00000196. The number of amides is 1. The molecule has 0 aliphatic carbocycles. The Labute approximate surface area is 90.9 Å². The zero-order valence-electron chi connectivity index (χ0n) is 7.76. The highest BCUT2D eigenvalue weighted by Gasteiger charge is 2.30. The van der Waals surface area contributed by atoms with Crippen LogP contribution in [0.15, 0.2) is 24.3 Å². The van der Waals surface area contributed by atoms with Crippen molar-refractivity contribution in [1.82, 2.24) is 0 Å². The summed E-state index contributed by atoms with van der Waals surface area (Å²) in [6.45, 7) is 1.24. The third-order valence-electron chi connectivity index (χ3n) is 1.51. The first-order valence-corrected chi connectivity index (χ1v) is 3.84. The molecule has 2 nitrogen and oxygen atoms in total. The van der Waals surface area contributed by atoms with Gasteiger partial charge in [0.2, 0.25) is 5.91 Å². The van der Waals surface area contributed by atoms with E-state index in [4.69, 9.17) is 0 Å². The molecule has 1 aromatic rings. The van der Waals surface area contributed by atoms with Crippen LogP contribution in [0.2, 0.25) is 0 Å². The summed E-state index contributed by atoms with van der Waals surface area (Å²) in [5, 5.41) is 2.28. The molecule has 0 atom stereocenters. The topological polar surface area (TPSA) is 29.1 Å². The monoisotopic (exact) mass is 239 g/mol. The molecule has 0 saturated carbocycles. The van der Waals surface area contributed by atoms with Crippen molar-refractivity contribution in [3.63, 3.8) is 0 Å². The van der Waals surface area contributed by atoms with Gasteiger partial charge >= 0.3 is 6.18 Å². The van der Waals surface area contributed by atoms with Gasteiger partial charge in [-0.15, -0.1) is 12.4 Å². The summed E-state index contributed by atoms with van der Waals surface area (Å²) in [5.74, 6) is -0.399. The fraction of sp³-hybridized carbons (Fsp3) is 0.222. The Bertz CT molecular complexity index is 351. The molecule has 0 aromatic heterocycles. The smallest absolute Gasteiger partial charge is 0.326 e. The summed E-state index contributed by atoms with van der Waals surface area (Å²) in [4.78, 5) is 10.6. The zero-order valence-corrected chi connectivity index (χ0v) is 8.58. The van der Waals surface area contributed by atoms with Crippen LogP contribution in [0.25, 0.3) is 0 Å². The van der Waals surface area contributed by atoms with Crippen molar-refractivity contribution in [2.24, 2.45) is 0 Å². The number of hydrogen-bond donors (Lipinski definition) is 1. The lowest BCUT2D eigenvalue weighted by atomic mass is 10.2. The largest absolute Gasteiger partial charge is 0.416 e. The first-order chi connectivity index (χ1) is 6.39. The Kier molecular flexibility index (Phi) is 4.61. The Morgan fingerprint density at radius 3 is 2.40 bits per heavy atom. The second-order valence-corrected chi connectivity index (χ2v) is 2.76. The van der Waals surface area contributed by atoms with E-state index in [1.165, 1.54) is 19.1 Å². The molecule has 1 amide bonds. The third-order valence-corrected chi connectivity index (χ3v) is 1.51. The lowest BCUT2D eigenvalue weighted by Crippen LogP contribution is -2.09. The van der Waals surface area contributed by atoms with E-state index in [1.807, 2.05) is 0 Å². The fourth-order valence-electron chi connectivity index (χ4n) is 0.977. The van der Waals surface area contributed by atoms with Crippen LogP contribution in [0, 0.1) is 0 Å². The molecule has 1 rings (SSSR count). The molecule has 0 heterocycles. The average Bonchev–Trinajstić information content (AvgIpc) is 2.01. The normalized spacial score (nSPS) is 10.4. The minimum Gasteiger partial charge on any atom is -0.326 e. The molecule has 1 aromatic carbocycles. The van der Waals surface area contributed by atoms with Gasteiger partial charge in [0.15, 0.2) is 0 Å². The van der Waals surface area contributed by atoms with Crippen molar-refractivity contribution in [2.45, 2.75) is 13.1 Å². The van der Waals surface area contributed by atoms with Crippen LogP contribution in [0.4, 0.5) is 18.9 Å². The summed E-state index contributed by atoms with van der Waals surface area (Å²) in [6.07, 6.45) is -4.38. The first-order valence-electron chi connectivity index (χ1n) is 3.84. The number of anilines is 1. The third kappa shape index (κ3) is 4.20. The maximum absolute atomic E-state index is 12.2.